The molecule has 1 N–H and O–H groups in total. The van der Waals surface area contributed by atoms with Gasteiger partial charge in [0, 0.05) is 16.1 Å². The molecule has 1 aliphatic carbocycles. The highest BCUT2D eigenvalue weighted by atomic mass is 79.9. The molecule has 116 valence electrons. The molecule has 1 saturated carbocycles. The van der Waals surface area contributed by atoms with Crippen molar-refractivity contribution < 1.29 is 4.79 Å². The van der Waals surface area contributed by atoms with Gasteiger partial charge >= 0.3 is 0 Å². The maximum atomic E-state index is 12.5. The third-order valence-electron chi connectivity index (χ3n) is 4.85. The van der Waals surface area contributed by atoms with Gasteiger partial charge in [0.2, 0.25) is 5.91 Å². The molecule has 0 spiro atoms. The van der Waals surface area contributed by atoms with Crippen LogP contribution < -0.4 is 5.32 Å². The zero-order valence-electron chi connectivity index (χ0n) is 13.5. The second kappa shape index (κ2) is 6.51. The fourth-order valence-corrected chi connectivity index (χ4v) is 3.57. The van der Waals surface area contributed by atoms with Crippen molar-refractivity contribution in [3.8, 4) is 0 Å². The van der Waals surface area contributed by atoms with E-state index in [0.29, 0.717) is 5.41 Å². The van der Waals surface area contributed by atoms with E-state index in [0.717, 1.165) is 34.5 Å². The first kappa shape index (κ1) is 16.5. The van der Waals surface area contributed by atoms with Gasteiger partial charge in [0.1, 0.15) is 0 Å². The fraction of sp³-hybridized carbons (Fsp3) is 0.611. The summed E-state index contributed by atoms with van der Waals surface area (Å²) in [6, 6.07) is 5.93. The van der Waals surface area contributed by atoms with Gasteiger partial charge in [0.25, 0.3) is 0 Å². The van der Waals surface area contributed by atoms with Crippen molar-refractivity contribution in [2.24, 2.45) is 17.3 Å². The minimum Gasteiger partial charge on any atom is -0.326 e. The topological polar surface area (TPSA) is 29.1 Å². The average molecular weight is 352 g/mol. The monoisotopic (exact) mass is 351 g/mol. The van der Waals surface area contributed by atoms with Crippen molar-refractivity contribution in [2.75, 3.05) is 5.32 Å². The average Bonchev–Trinajstić information content (AvgIpc) is 2.43. The molecule has 0 radical (unpaired) electrons. The molecule has 3 heteroatoms. The highest BCUT2D eigenvalue weighted by Gasteiger charge is 2.32. The van der Waals surface area contributed by atoms with Gasteiger partial charge < -0.3 is 5.32 Å². The number of rotatable bonds is 2. The summed E-state index contributed by atoms with van der Waals surface area (Å²) in [6.45, 7) is 8.95. The molecule has 2 rings (SSSR count). The Morgan fingerprint density at radius 1 is 1.19 bits per heavy atom. The van der Waals surface area contributed by atoms with Crippen LogP contribution in [-0.4, -0.2) is 5.91 Å². The molecule has 1 amide bonds. The lowest BCUT2D eigenvalue weighted by atomic mass is 9.69. The SMILES string of the molecule is Cc1c(Br)cccc1NC(=O)C1CCC(C(C)(C)C)CC1. The third-order valence-corrected chi connectivity index (χ3v) is 5.71. The van der Waals surface area contributed by atoms with Gasteiger partial charge in [-0.05, 0) is 61.6 Å². The fourth-order valence-electron chi connectivity index (χ4n) is 3.20. The van der Waals surface area contributed by atoms with E-state index < -0.39 is 0 Å². The Bertz CT molecular complexity index is 510. The Balaban J connectivity index is 1.95. The molecule has 0 unspecified atom stereocenters. The second-order valence-electron chi connectivity index (χ2n) is 7.32. The standard InChI is InChI=1S/C18H26BrNO/c1-12-15(19)6-5-7-16(12)20-17(21)13-8-10-14(11-9-13)18(2,3)4/h5-7,13-14H,8-11H2,1-4H3,(H,20,21). The van der Waals surface area contributed by atoms with E-state index in [2.05, 4.69) is 42.0 Å². The number of carbonyl (C=O) groups is 1. The van der Waals surface area contributed by atoms with Gasteiger partial charge in [-0.3, -0.25) is 4.79 Å². The summed E-state index contributed by atoms with van der Waals surface area (Å²) in [7, 11) is 0. The molecule has 1 aliphatic rings. The summed E-state index contributed by atoms with van der Waals surface area (Å²) in [4.78, 5) is 12.5. The Morgan fingerprint density at radius 2 is 1.81 bits per heavy atom. The molecule has 2 nitrogen and oxygen atoms in total. The molecule has 0 heterocycles. The Labute approximate surface area is 136 Å². The molecule has 0 aliphatic heterocycles. The first-order chi connectivity index (χ1) is 9.79. The summed E-state index contributed by atoms with van der Waals surface area (Å²) in [6.07, 6.45) is 4.36. The molecule has 0 bridgehead atoms. The smallest absolute Gasteiger partial charge is 0.227 e. The summed E-state index contributed by atoms with van der Waals surface area (Å²) < 4.78 is 1.04. The van der Waals surface area contributed by atoms with Crippen molar-refractivity contribution in [3.05, 3.63) is 28.2 Å². The number of hydrogen-bond acceptors (Lipinski definition) is 1. The van der Waals surface area contributed by atoms with Crippen LogP contribution in [0.1, 0.15) is 52.0 Å². The zero-order valence-corrected chi connectivity index (χ0v) is 15.1. The van der Waals surface area contributed by atoms with Gasteiger partial charge in [0.15, 0.2) is 0 Å². The minimum absolute atomic E-state index is 0.169. The second-order valence-corrected chi connectivity index (χ2v) is 8.17. The first-order valence-electron chi connectivity index (χ1n) is 7.85. The van der Waals surface area contributed by atoms with Gasteiger partial charge in [-0.15, -0.1) is 0 Å². The molecule has 1 aromatic rings. The highest BCUT2D eigenvalue weighted by molar-refractivity contribution is 9.10. The number of benzene rings is 1. The molecular weight excluding hydrogens is 326 g/mol. The molecule has 1 fully saturated rings. The van der Waals surface area contributed by atoms with E-state index in [4.69, 9.17) is 0 Å². The van der Waals surface area contributed by atoms with Crippen LogP contribution in [0.3, 0.4) is 0 Å². The first-order valence-corrected chi connectivity index (χ1v) is 8.64. The van der Waals surface area contributed by atoms with Crippen LogP contribution in [0.15, 0.2) is 22.7 Å². The molecule has 0 aromatic heterocycles. The summed E-state index contributed by atoms with van der Waals surface area (Å²) in [5.41, 5.74) is 2.38. The van der Waals surface area contributed by atoms with E-state index in [1.54, 1.807) is 0 Å². The van der Waals surface area contributed by atoms with Gasteiger partial charge in [-0.25, -0.2) is 0 Å². The number of amides is 1. The van der Waals surface area contributed by atoms with Crippen molar-refractivity contribution in [1.29, 1.82) is 0 Å². The third kappa shape index (κ3) is 4.09. The maximum Gasteiger partial charge on any atom is 0.227 e. The Morgan fingerprint density at radius 3 is 2.38 bits per heavy atom. The summed E-state index contributed by atoms with van der Waals surface area (Å²) in [5.74, 6) is 1.10. The number of carbonyl (C=O) groups excluding carboxylic acids is 1. The molecule has 0 saturated heterocycles. The maximum absolute atomic E-state index is 12.5. The van der Waals surface area contributed by atoms with Gasteiger partial charge in [-0.2, -0.15) is 0 Å². The van der Waals surface area contributed by atoms with Crippen LogP contribution in [0.4, 0.5) is 5.69 Å². The van der Waals surface area contributed by atoms with Crippen molar-refractivity contribution in [2.45, 2.75) is 53.4 Å². The van der Waals surface area contributed by atoms with E-state index in [9.17, 15) is 4.79 Å². The predicted octanol–water partition coefficient (Wildman–Crippen LogP) is 5.55. The number of hydrogen-bond donors (Lipinski definition) is 1. The van der Waals surface area contributed by atoms with Crippen molar-refractivity contribution >= 4 is 27.5 Å². The van der Waals surface area contributed by atoms with Crippen LogP contribution in [0.25, 0.3) is 0 Å². The Hall–Kier alpha value is -0.830. The quantitative estimate of drug-likeness (QED) is 0.743. The minimum atomic E-state index is 0.169. The van der Waals surface area contributed by atoms with Crippen LogP contribution in [0.2, 0.25) is 0 Å². The van der Waals surface area contributed by atoms with Crippen LogP contribution in [0, 0.1) is 24.2 Å². The van der Waals surface area contributed by atoms with Gasteiger partial charge in [0.05, 0.1) is 0 Å². The van der Waals surface area contributed by atoms with Crippen LogP contribution >= 0.6 is 15.9 Å². The zero-order chi connectivity index (χ0) is 15.6. The molecule has 1 aromatic carbocycles. The van der Waals surface area contributed by atoms with Crippen molar-refractivity contribution in [3.63, 3.8) is 0 Å². The van der Waals surface area contributed by atoms with Crippen LogP contribution in [-0.2, 0) is 4.79 Å². The normalized spacial score (nSPS) is 22.9. The largest absolute Gasteiger partial charge is 0.326 e. The van der Waals surface area contributed by atoms with E-state index in [1.807, 2.05) is 25.1 Å². The molecular formula is C18H26BrNO. The van der Waals surface area contributed by atoms with Crippen LogP contribution in [0.5, 0.6) is 0 Å². The lowest BCUT2D eigenvalue weighted by molar-refractivity contribution is -0.121. The highest BCUT2D eigenvalue weighted by Crippen LogP contribution is 2.40. The van der Waals surface area contributed by atoms with Gasteiger partial charge in [-0.1, -0.05) is 42.8 Å². The van der Waals surface area contributed by atoms with E-state index >= 15 is 0 Å². The van der Waals surface area contributed by atoms with Crippen molar-refractivity contribution in [1.82, 2.24) is 0 Å². The number of anilines is 1. The number of halogens is 1. The summed E-state index contributed by atoms with van der Waals surface area (Å²) in [5, 5.41) is 3.11. The predicted molar refractivity (Wildman–Crippen MR) is 92.4 cm³/mol. The Kier molecular flexibility index (Phi) is 5.13. The number of nitrogens with one attached hydrogen (secondary N) is 1. The van der Waals surface area contributed by atoms with E-state index in [1.165, 1.54) is 12.8 Å². The van der Waals surface area contributed by atoms with E-state index in [-0.39, 0.29) is 11.8 Å². The summed E-state index contributed by atoms with van der Waals surface area (Å²) >= 11 is 3.51. The lowest BCUT2D eigenvalue weighted by Crippen LogP contribution is -2.31. The molecule has 21 heavy (non-hydrogen) atoms. The lowest BCUT2D eigenvalue weighted by Gasteiger charge is -2.36. The molecule has 0 atom stereocenters.